The molecule has 96 valence electrons. The predicted molar refractivity (Wildman–Crippen MR) is 62.9 cm³/mol. The lowest BCUT2D eigenvalue weighted by atomic mass is 10.1. The van der Waals surface area contributed by atoms with Gasteiger partial charge in [-0.2, -0.15) is 0 Å². The van der Waals surface area contributed by atoms with Gasteiger partial charge in [-0.05, 0) is 12.8 Å². The number of anilines is 1. The smallest absolute Gasteiger partial charge is 0.325 e. The Balaban J connectivity index is 1.76. The van der Waals surface area contributed by atoms with Gasteiger partial charge in [-0.15, -0.1) is 11.7 Å². The van der Waals surface area contributed by atoms with Crippen LogP contribution in [-0.4, -0.2) is 29.3 Å². The zero-order valence-electron chi connectivity index (χ0n) is 10.0. The van der Waals surface area contributed by atoms with Crippen LogP contribution in [0.2, 0.25) is 0 Å². The molecule has 2 unspecified atom stereocenters. The van der Waals surface area contributed by atoms with E-state index in [9.17, 15) is 4.79 Å². The van der Waals surface area contributed by atoms with Crippen LogP contribution in [0.1, 0.15) is 31.3 Å². The lowest BCUT2D eigenvalue weighted by Crippen LogP contribution is -2.24. The summed E-state index contributed by atoms with van der Waals surface area (Å²) in [7, 11) is 0. The molecule has 0 spiro atoms. The first kappa shape index (κ1) is 11.4. The summed E-state index contributed by atoms with van der Waals surface area (Å²) >= 11 is 0. The lowest BCUT2D eigenvalue weighted by Gasteiger charge is -2.09. The Morgan fingerprint density at radius 2 is 2.33 bits per heavy atom. The van der Waals surface area contributed by atoms with Crippen LogP contribution in [0, 0.1) is 5.92 Å². The van der Waals surface area contributed by atoms with Crippen LogP contribution in [0.4, 0.5) is 6.01 Å². The molecule has 18 heavy (non-hydrogen) atoms. The van der Waals surface area contributed by atoms with Crippen LogP contribution in [0.3, 0.4) is 0 Å². The van der Waals surface area contributed by atoms with E-state index in [2.05, 4.69) is 16.8 Å². The van der Waals surface area contributed by atoms with Gasteiger partial charge in [0, 0.05) is 25.5 Å². The molecule has 0 aromatic carbocycles. The van der Waals surface area contributed by atoms with E-state index < -0.39 is 0 Å². The first-order valence-electron chi connectivity index (χ1n) is 6.16. The minimum atomic E-state index is -0.112. The normalized spacial score (nSPS) is 28.0. The summed E-state index contributed by atoms with van der Waals surface area (Å²) in [6, 6.07) is 0.273. The molecule has 6 heteroatoms. The molecule has 0 N–H and O–H groups in total. The topological polar surface area (TPSA) is 68.5 Å². The SMILES string of the molecule is C=CC1CC(=O)N(c2nnc(C3CCCO3)o2)C1. The van der Waals surface area contributed by atoms with Crippen molar-refractivity contribution in [3.05, 3.63) is 18.5 Å². The average Bonchev–Trinajstić information content (AvgIpc) is 3.08. The van der Waals surface area contributed by atoms with Gasteiger partial charge in [0.2, 0.25) is 11.8 Å². The van der Waals surface area contributed by atoms with Gasteiger partial charge in [-0.25, -0.2) is 0 Å². The number of hydrogen-bond acceptors (Lipinski definition) is 5. The molecule has 0 aliphatic carbocycles. The highest BCUT2D eigenvalue weighted by Gasteiger charge is 2.33. The molecule has 3 rings (SSSR count). The van der Waals surface area contributed by atoms with Crippen molar-refractivity contribution in [3.63, 3.8) is 0 Å². The Hall–Kier alpha value is -1.69. The van der Waals surface area contributed by atoms with Gasteiger partial charge in [-0.3, -0.25) is 9.69 Å². The summed E-state index contributed by atoms with van der Waals surface area (Å²) in [5.41, 5.74) is 0. The van der Waals surface area contributed by atoms with E-state index >= 15 is 0 Å². The molecule has 0 saturated carbocycles. The molecule has 2 aliphatic heterocycles. The molecule has 2 atom stereocenters. The molecular formula is C12H15N3O3. The Morgan fingerprint density at radius 1 is 1.44 bits per heavy atom. The summed E-state index contributed by atoms with van der Waals surface area (Å²) in [6.07, 6.45) is 4.03. The van der Waals surface area contributed by atoms with Crippen LogP contribution in [0.15, 0.2) is 17.1 Å². The van der Waals surface area contributed by atoms with Crippen LogP contribution in [0.25, 0.3) is 0 Å². The van der Waals surface area contributed by atoms with Crippen molar-refractivity contribution in [2.45, 2.75) is 25.4 Å². The number of aromatic nitrogens is 2. The van der Waals surface area contributed by atoms with E-state index in [4.69, 9.17) is 9.15 Å². The fourth-order valence-corrected chi connectivity index (χ4v) is 2.32. The standard InChI is InChI=1S/C12H15N3O3/c1-2-8-6-10(16)15(7-8)12-14-13-11(18-12)9-4-3-5-17-9/h2,8-9H,1,3-7H2. The van der Waals surface area contributed by atoms with Gasteiger partial charge in [-0.1, -0.05) is 11.2 Å². The van der Waals surface area contributed by atoms with Crippen LogP contribution in [0.5, 0.6) is 0 Å². The van der Waals surface area contributed by atoms with Crippen molar-refractivity contribution >= 4 is 11.9 Å². The zero-order valence-corrected chi connectivity index (χ0v) is 10.0. The molecule has 2 aliphatic rings. The van der Waals surface area contributed by atoms with Gasteiger partial charge in [0.25, 0.3) is 0 Å². The number of carbonyl (C=O) groups excluding carboxylic acids is 1. The second kappa shape index (κ2) is 4.53. The minimum absolute atomic E-state index is 0.00226. The molecule has 0 radical (unpaired) electrons. The Morgan fingerprint density at radius 3 is 3.00 bits per heavy atom. The lowest BCUT2D eigenvalue weighted by molar-refractivity contribution is -0.117. The number of nitrogens with zero attached hydrogens (tertiary/aromatic N) is 3. The maximum absolute atomic E-state index is 11.8. The molecule has 1 amide bonds. The Bertz CT molecular complexity index is 465. The summed E-state index contributed by atoms with van der Waals surface area (Å²) in [5.74, 6) is 0.635. The van der Waals surface area contributed by atoms with Gasteiger partial charge >= 0.3 is 6.01 Å². The third-order valence-corrected chi connectivity index (χ3v) is 3.35. The van der Waals surface area contributed by atoms with Crippen molar-refractivity contribution < 1.29 is 13.9 Å². The molecule has 1 aromatic heterocycles. The number of carbonyl (C=O) groups is 1. The maximum Gasteiger partial charge on any atom is 0.325 e. The molecule has 0 bridgehead atoms. The van der Waals surface area contributed by atoms with Crippen molar-refractivity contribution in [1.29, 1.82) is 0 Å². The summed E-state index contributed by atoms with van der Waals surface area (Å²) < 4.78 is 11.0. The molecule has 1 aromatic rings. The zero-order chi connectivity index (χ0) is 12.5. The summed E-state index contributed by atoms with van der Waals surface area (Å²) in [6.45, 7) is 5.00. The molecule has 3 heterocycles. The first-order chi connectivity index (χ1) is 8.78. The van der Waals surface area contributed by atoms with E-state index in [-0.39, 0.29) is 23.9 Å². The van der Waals surface area contributed by atoms with Gasteiger partial charge in [0.1, 0.15) is 6.10 Å². The Kier molecular flexibility index (Phi) is 2.87. The van der Waals surface area contributed by atoms with E-state index in [0.717, 1.165) is 19.4 Å². The van der Waals surface area contributed by atoms with E-state index in [1.165, 1.54) is 4.90 Å². The molecule has 6 nitrogen and oxygen atoms in total. The highest BCUT2D eigenvalue weighted by molar-refractivity contribution is 5.93. The number of hydrogen-bond donors (Lipinski definition) is 0. The monoisotopic (exact) mass is 249 g/mol. The van der Waals surface area contributed by atoms with Crippen LogP contribution >= 0.6 is 0 Å². The number of ether oxygens (including phenoxy) is 1. The van der Waals surface area contributed by atoms with E-state index in [1.807, 2.05) is 0 Å². The van der Waals surface area contributed by atoms with Gasteiger partial charge in [0.05, 0.1) is 0 Å². The highest BCUT2D eigenvalue weighted by atomic mass is 16.5. The van der Waals surface area contributed by atoms with Gasteiger partial charge in [0.15, 0.2) is 0 Å². The largest absolute Gasteiger partial charge is 0.405 e. The highest BCUT2D eigenvalue weighted by Crippen LogP contribution is 2.30. The summed E-state index contributed by atoms with van der Waals surface area (Å²) in [5, 5.41) is 7.90. The maximum atomic E-state index is 11.8. The predicted octanol–water partition coefficient (Wildman–Crippen LogP) is 1.46. The first-order valence-corrected chi connectivity index (χ1v) is 6.16. The number of rotatable bonds is 3. The second-order valence-electron chi connectivity index (χ2n) is 4.63. The molecular weight excluding hydrogens is 234 g/mol. The quantitative estimate of drug-likeness (QED) is 0.758. The average molecular weight is 249 g/mol. The Labute approximate surface area is 105 Å². The molecule has 2 fully saturated rings. The van der Waals surface area contributed by atoms with Crippen molar-refractivity contribution in [3.8, 4) is 0 Å². The third kappa shape index (κ3) is 1.92. The van der Waals surface area contributed by atoms with E-state index in [0.29, 0.717) is 18.9 Å². The fourth-order valence-electron chi connectivity index (χ4n) is 2.32. The number of amides is 1. The molecule has 2 saturated heterocycles. The van der Waals surface area contributed by atoms with Crippen molar-refractivity contribution in [2.75, 3.05) is 18.1 Å². The van der Waals surface area contributed by atoms with Crippen molar-refractivity contribution in [2.24, 2.45) is 5.92 Å². The second-order valence-corrected chi connectivity index (χ2v) is 4.63. The van der Waals surface area contributed by atoms with Crippen molar-refractivity contribution in [1.82, 2.24) is 10.2 Å². The third-order valence-electron chi connectivity index (χ3n) is 3.35. The van der Waals surface area contributed by atoms with Crippen LogP contribution in [-0.2, 0) is 9.53 Å². The minimum Gasteiger partial charge on any atom is -0.405 e. The van der Waals surface area contributed by atoms with Crippen LogP contribution < -0.4 is 4.90 Å². The van der Waals surface area contributed by atoms with Gasteiger partial charge < -0.3 is 9.15 Å². The fraction of sp³-hybridized carbons (Fsp3) is 0.583. The summed E-state index contributed by atoms with van der Waals surface area (Å²) in [4.78, 5) is 13.3. The van der Waals surface area contributed by atoms with E-state index in [1.54, 1.807) is 6.08 Å².